The number of fused-ring (bicyclic) bond motifs is 1. The van der Waals surface area contributed by atoms with Crippen molar-refractivity contribution in [2.75, 3.05) is 18.4 Å². The summed E-state index contributed by atoms with van der Waals surface area (Å²) < 4.78 is 5.53. The van der Waals surface area contributed by atoms with E-state index < -0.39 is 0 Å². The van der Waals surface area contributed by atoms with Crippen LogP contribution in [0.2, 0.25) is 0 Å². The Kier molecular flexibility index (Phi) is 4.24. The largest absolute Gasteiger partial charge is 0.367 e. The van der Waals surface area contributed by atoms with Gasteiger partial charge in [-0.3, -0.25) is 4.90 Å². The molecule has 4 rings (SSSR count). The van der Waals surface area contributed by atoms with Crippen LogP contribution >= 0.6 is 0 Å². The zero-order valence-electron chi connectivity index (χ0n) is 13.4. The van der Waals surface area contributed by atoms with Crippen molar-refractivity contribution in [3.05, 3.63) is 35.6 Å². The third-order valence-electron chi connectivity index (χ3n) is 4.93. The number of hydrogen-bond donors (Lipinski definition) is 1. The molecule has 0 aromatic carbocycles. The molecule has 1 N–H and O–H groups in total. The summed E-state index contributed by atoms with van der Waals surface area (Å²) in [5, 5.41) is 7.83. The Hall–Kier alpha value is -1.95. The van der Waals surface area contributed by atoms with Gasteiger partial charge in [-0.25, -0.2) is 9.97 Å². The molecular weight excluding hydrogens is 290 g/mol. The lowest BCUT2D eigenvalue weighted by molar-refractivity contribution is 0.205. The minimum atomic E-state index is 0.493. The molecule has 0 unspecified atom stereocenters. The standard InChI is InChI=1S/C17H23N5O/c1-2-4-16-14(3-1)15(21-23-16)11-22-9-6-13(7-10-22)20-17-5-8-18-12-19-17/h5,8,12-13H,1-4,6-7,9-11H2,(H,18,19,20). The number of rotatable bonds is 4. The quantitative estimate of drug-likeness (QED) is 0.935. The lowest BCUT2D eigenvalue weighted by atomic mass is 9.96. The van der Waals surface area contributed by atoms with Gasteiger partial charge in [0.1, 0.15) is 23.6 Å². The highest BCUT2D eigenvalue weighted by molar-refractivity contribution is 5.33. The second-order valence-corrected chi connectivity index (χ2v) is 6.53. The maximum Gasteiger partial charge on any atom is 0.140 e. The molecule has 0 bridgehead atoms. The highest BCUT2D eigenvalue weighted by Crippen LogP contribution is 2.26. The van der Waals surface area contributed by atoms with E-state index in [1.165, 1.54) is 24.1 Å². The van der Waals surface area contributed by atoms with Crippen LogP contribution in [0.4, 0.5) is 5.82 Å². The van der Waals surface area contributed by atoms with Crippen molar-refractivity contribution in [1.29, 1.82) is 0 Å². The van der Waals surface area contributed by atoms with Crippen molar-refractivity contribution in [3.8, 4) is 0 Å². The summed E-state index contributed by atoms with van der Waals surface area (Å²) in [6.07, 6.45) is 10.3. The summed E-state index contributed by atoms with van der Waals surface area (Å²) in [6.45, 7) is 3.10. The Balaban J connectivity index is 1.31. The molecule has 6 nitrogen and oxygen atoms in total. The van der Waals surface area contributed by atoms with Crippen LogP contribution in [-0.2, 0) is 19.4 Å². The molecule has 0 amide bonds. The molecule has 2 aliphatic rings. The third kappa shape index (κ3) is 3.37. The van der Waals surface area contributed by atoms with E-state index in [4.69, 9.17) is 4.52 Å². The number of piperidine rings is 1. The molecule has 0 saturated carbocycles. The van der Waals surface area contributed by atoms with E-state index in [1.807, 2.05) is 6.07 Å². The van der Waals surface area contributed by atoms with Gasteiger partial charge < -0.3 is 9.84 Å². The van der Waals surface area contributed by atoms with Crippen LogP contribution in [0.15, 0.2) is 23.1 Å². The fraction of sp³-hybridized carbons (Fsp3) is 0.588. The van der Waals surface area contributed by atoms with Crippen molar-refractivity contribution < 1.29 is 4.52 Å². The van der Waals surface area contributed by atoms with Crippen LogP contribution < -0.4 is 5.32 Å². The summed E-state index contributed by atoms with van der Waals surface area (Å²) >= 11 is 0. The Labute approximate surface area is 136 Å². The average molecular weight is 313 g/mol. The molecular formula is C17H23N5O. The fourth-order valence-electron chi connectivity index (χ4n) is 3.61. The zero-order valence-corrected chi connectivity index (χ0v) is 13.4. The Morgan fingerprint density at radius 3 is 2.91 bits per heavy atom. The first-order valence-electron chi connectivity index (χ1n) is 8.60. The molecule has 6 heteroatoms. The summed E-state index contributed by atoms with van der Waals surface area (Å²) in [5.74, 6) is 2.05. The van der Waals surface area contributed by atoms with Crippen LogP contribution in [0.25, 0.3) is 0 Å². The van der Waals surface area contributed by atoms with Gasteiger partial charge >= 0.3 is 0 Å². The molecule has 1 fully saturated rings. The summed E-state index contributed by atoms with van der Waals surface area (Å²) in [7, 11) is 0. The van der Waals surface area contributed by atoms with E-state index >= 15 is 0 Å². The summed E-state index contributed by atoms with van der Waals surface area (Å²) in [6, 6.07) is 2.42. The number of likely N-dealkylation sites (tertiary alicyclic amines) is 1. The number of nitrogens with one attached hydrogen (secondary N) is 1. The molecule has 1 saturated heterocycles. The van der Waals surface area contributed by atoms with Crippen molar-refractivity contribution in [2.24, 2.45) is 0 Å². The van der Waals surface area contributed by atoms with E-state index in [0.29, 0.717) is 6.04 Å². The normalized spacial score (nSPS) is 19.5. The van der Waals surface area contributed by atoms with Crippen LogP contribution in [0.3, 0.4) is 0 Å². The number of aryl methyl sites for hydroxylation is 1. The van der Waals surface area contributed by atoms with Crippen LogP contribution in [-0.4, -0.2) is 39.2 Å². The second kappa shape index (κ2) is 6.66. The first-order valence-corrected chi connectivity index (χ1v) is 8.60. The first kappa shape index (κ1) is 14.6. The lowest BCUT2D eigenvalue weighted by Crippen LogP contribution is -2.39. The number of aromatic nitrogens is 3. The van der Waals surface area contributed by atoms with Crippen LogP contribution in [0.1, 0.15) is 42.7 Å². The molecule has 0 spiro atoms. The molecule has 23 heavy (non-hydrogen) atoms. The number of anilines is 1. The van der Waals surface area contributed by atoms with Crippen molar-refractivity contribution >= 4 is 5.82 Å². The predicted molar refractivity (Wildman–Crippen MR) is 87.1 cm³/mol. The fourth-order valence-corrected chi connectivity index (χ4v) is 3.61. The third-order valence-corrected chi connectivity index (χ3v) is 4.93. The highest BCUT2D eigenvalue weighted by atomic mass is 16.5. The van der Waals surface area contributed by atoms with Gasteiger partial charge in [0.05, 0.1) is 0 Å². The van der Waals surface area contributed by atoms with Crippen molar-refractivity contribution in [2.45, 2.75) is 51.1 Å². The van der Waals surface area contributed by atoms with Gasteiger partial charge in [-0.05, 0) is 38.2 Å². The zero-order chi connectivity index (χ0) is 15.5. The SMILES string of the molecule is c1cc(NC2CCN(Cc3noc4c3CCCC4)CC2)ncn1. The second-order valence-electron chi connectivity index (χ2n) is 6.53. The Bertz CT molecular complexity index is 634. The summed E-state index contributed by atoms with van der Waals surface area (Å²) in [4.78, 5) is 10.7. The molecule has 3 heterocycles. The number of nitrogens with zero attached hydrogens (tertiary/aromatic N) is 4. The Morgan fingerprint density at radius 2 is 2.09 bits per heavy atom. The Morgan fingerprint density at radius 1 is 1.22 bits per heavy atom. The van der Waals surface area contributed by atoms with Crippen molar-refractivity contribution in [3.63, 3.8) is 0 Å². The first-order chi connectivity index (χ1) is 11.4. The van der Waals surface area contributed by atoms with Gasteiger partial charge in [-0.1, -0.05) is 5.16 Å². The van der Waals surface area contributed by atoms with Crippen LogP contribution in [0.5, 0.6) is 0 Å². The van der Waals surface area contributed by atoms with Crippen LogP contribution in [0, 0.1) is 0 Å². The monoisotopic (exact) mass is 313 g/mol. The van der Waals surface area contributed by atoms with E-state index in [-0.39, 0.29) is 0 Å². The number of hydrogen-bond acceptors (Lipinski definition) is 6. The average Bonchev–Trinajstić information content (AvgIpc) is 3.01. The molecule has 0 atom stereocenters. The maximum absolute atomic E-state index is 5.53. The minimum Gasteiger partial charge on any atom is -0.367 e. The van der Waals surface area contributed by atoms with E-state index in [2.05, 4.69) is 25.3 Å². The molecule has 2 aromatic heterocycles. The van der Waals surface area contributed by atoms with E-state index in [1.54, 1.807) is 12.5 Å². The highest BCUT2D eigenvalue weighted by Gasteiger charge is 2.24. The van der Waals surface area contributed by atoms with Gasteiger partial charge in [0.15, 0.2) is 0 Å². The molecule has 0 radical (unpaired) electrons. The van der Waals surface area contributed by atoms with E-state index in [9.17, 15) is 0 Å². The minimum absolute atomic E-state index is 0.493. The van der Waals surface area contributed by atoms with Gasteiger partial charge in [-0.2, -0.15) is 0 Å². The van der Waals surface area contributed by atoms with Gasteiger partial charge in [-0.15, -0.1) is 0 Å². The van der Waals surface area contributed by atoms with Gasteiger partial charge in [0, 0.05) is 43.9 Å². The van der Waals surface area contributed by atoms with E-state index in [0.717, 1.165) is 56.9 Å². The molecule has 122 valence electrons. The van der Waals surface area contributed by atoms with Crippen molar-refractivity contribution in [1.82, 2.24) is 20.0 Å². The predicted octanol–water partition coefficient (Wildman–Crippen LogP) is 2.42. The summed E-state index contributed by atoms with van der Waals surface area (Å²) in [5.41, 5.74) is 2.55. The maximum atomic E-state index is 5.53. The molecule has 2 aromatic rings. The van der Waals surface area contributed by atoms with Gasteiger partial charge in [0.2, 0.25) is 0 Å². The van der Waals surface area contributed by atoms with Gasteiger partial charge in [0.25, 0.3) is 0 Å². The smallest absolute Gasteiger partial charge is 0.140 e. The lowest BCUT2D eigenvalue weighted by Gasteiger charge is -2.32. The topological polar surface area (TPSA) is 67.1 Å². The molecule has 1 aliphatic carbocycles. The molecule has 1 aliphatic heterocycles.